The molecule has 0 saturated heterocycles. The lowest BCUT2D eigenvalue weighted by molar-refractivity contribution is 0.0504. The number of benzene rings is 2. The zero-order valence-corrected chi connectivity index (χ0v) is 17.2. The molecular weight excluding hydrogens is 371 g/mol. The van der Waals surface area contributed by atoms with Crippen molar-refractivity contribution in [2.45, 2.75) is 52.5 Å². The largest absolute Gasteiger partial charge is 0.489 e. The predicted octanol–water partition coefficient (Wildman–Crippen LogP) is 5.27. The molecule has 0 aliphatic heterocycles. The monoisotopic (exact) mass is 398 g/mol. The second kappa shape index (κ2) is 8.55. The van der Waals surface area contributed by atoms with Crippen LogP contribution in [-0.2, 0) is 17.9 Å². The molecule has 1 N–H and O–H groups in total. The fourth-order valence-corrected chi connectivity index (χ4v) is 3.02. The van der Waals surface area contributed by atoms with Crippen molar-refractivity contribution in [1.29, 1.82) is 0 Å². The van der Waals surface area contributed by atoms with Crippen LogP contribution in [0.25, 0.3) is 10.9 Å². The summed E-state index contributed by atoms with van der Waals surface area (Å²) in [4.78, 5) is 11.9. The standard InChI is InChI=1S/C23H27FN2O3/c1-16(25-22(27)29-23(2,3)4)14-26-12-11-18-13-20(9-10-21(18)26)28-15-17-5-7-19(24)8-6-17/h5-13,16H,14-15H2,1-4H3,(H,25,27)/t16-/m1/s1. The molecular formula is C23H27FN2O3. The van der Waals surface area contributed by atoms with Gasteiger partial charge in [0.2, 0.25) is 0 Å². The fraction of sp³-hybridized carbons (Fsp3) is 0.348. The summed E-state index contributed by atoms with van der Waals surface area (Å²) in [6.07, 6.45) is 1.57. The zero-order valence-electron chi connectivity index (χ0n) is 17.2. The van der Waals surface area contributed by atoms with Crippen LogP contribution in [0.2, 0.25) is 0 Å². The minimum Gasteiger partial charge on any atom is -0.489 e. The van der Waals surface area contributed by atoms with Gasteiger partial charge in [-0.3, -0.25) is 0 Å². The van der Waals surface area contributed by atoms with Crippen molar-refractivity contribution in [3.63, 3.8) is 0 Å². The summed E-state index contributed by atoms with van der Waals surface area (Å²) in [6.45, 7) is 8.46. The van der Waals surface area contributed by atoms with Gasteiger partial charge in [0.05, 0.1) is 0 Å². The van der Waals surface area contributed by atoms with E-state index in [0.717, 1.165) is 22.2 Å². The lowest BCUT2D eigenvalue weighted by Gasteiger charge is -2.22. The van der Waals surface area contributed by atoms with Crippen LogP contribution in [-0.4, -0.2) is 22.3 Å². The normalized spacial score (nSPS) is 12.6. The minimum absolute atomic E-state index is 0.0881. The van der Waals surface area contributed by atoms with Crippen molar-refractivity contribution in [2.75, 3.05) is 0 Å². The molecule has 2 aromatic carbocycles. The molecule has 0 radical (unpaired) electrons. The molecule has 1 atom stereocenters. The third-order valence-corrected chi connectivity index (χ3v) is 4.29. The number of hydrogen-bond acceptors (Lipinski definition) is 3. The van der Waals surface area contributed by atoms with Gasteiger partial charge in [-0.05, 0) is 69.7 Å². The van der Waals surface area contributed by atoms with E-state index in [2.05, 4.69) is 9.88 Å². The van der Waals surface area contributed by atoms with Crippen molar-refractivity contribution < 1.29 is 18.7 Å². The minimum atomic E-state index is -0.520. The Kier molecular flexibility index (Phi) is 6.11. The molecule has 0 saturated carbocycles. The number of carbonyl (C=O) groups excluding carboxylic acids is 1. The maximum Gasteiger partial charge on any atom is 0.407 e. The van der Waals surface area contributed by atoms with Crippen molar-refractivity contribution in [3.8, 4) is 5.75 Å². The predicted molar refractivity (Wildman–Crippen MR) is 112 cm³/mol. The molecule has 0 fully saturated rings. The van der Waals surface area contributed by atoms with Crippen LogP contribution >= 0.6 is 0 Å². The number of alkyl carbamates (subject to hydrolysis) is 1. The number of hydrogen-bond donors (Lipinski definition) is 1. The van der Waals surface area contributed by atoms with Crippen molar-refractivity contribution in [3.05, 3.63) is 66.1 Å². The molecule has 3 rings (SSSR count). The number of fused-ring (bicyclic) bond motifs is 1. The Bertz CT molecular complexity index is 974. The fourth-order valence-electron chi connectivity index (χ4n) is 3.02. The first-order valence-electron chi connectivity index (χ1n) is 9.65. The molecule has 1 amide bonds. The number of halogens is 1. The highest BCUT2D eigenvalue weighted by Crippen LogP contribution is 2.23. The highest BCUT2D eigenvalue weighted by molar-refractivity contribution is 5.81. The summed E-state index contributed by atoms with van der Waals surface area (Å²) in [5, 5.41) is 3.91. The molecule has 1 aromatic heterocycles. The molecule has 154 valence electrons. The van der Waals surface area contributed by atoms with Crippen LogP contribution in [0.15, 0.2) is 54.7 Å². The number of rotatable bonds is 6. The second-order valence-corrected chi connectivity index (χ2v) is 8.15. The molecule has 5 nitrogen and oxygen atoms in total. The van der Waals surface area contributed by atoms with E-state index in [4.69, 9.17) is 9.47 Å². The summed E-state index contributed by atoms with van der Waals surface area (Å²) >= 11 is 0. The topological polar surface area (TPSA) is 52.5 Å². The number of nitrogens with one attached hydrogen (secondary N) is 1. The van der Waals surface area contributed by atoms with Gasteiger partial charge in [0.25, 0.3) is 0 Å². The summed E-state index contributed by atoms with van der Waals surface area (Å²) < 4.78 is 26.2. The van der Waals surface area contributed by atoms with Gasteiger partial charge >= 0.3 is 6.09 Å². The van der Waals surface area contributed by atoms with Gasteiger partial charge in [-0.25, -0.2) is 9.18 Å². The molecule has 0 bridgehead atoms. The average molecular weight is 398 g/mol. The number of nitrogens with zero attached hydrogens (tertiary/aromatic N) is 1. The third-order valence-electron chi connectivity index (χ3n) is 4.29. The van der Waals surface area contributed by atoms with Gasteiger partial charge in [0.1, 0.15) is 23.8 Å². The lowest BCUT2D eigenvalue weighted by atomic mass is 10.2. The summed E-state index contributed by atoms with van der Waals surface area (Å²) in [7, 11) is 0. The smallest absolute Gasteiger partial charge is 0.407 e. The van der Waals surface area contributed by atoms with E-state index in [0.29, 0.717) is 13.2 Å². The van der Waals surface area contributed by atoms with Crippen molar-refractivity contribution >= 4 is 17.0 Å². The van der Waals surface area contributed by atoms with E-state index in [9.17, 15) is 9.18 Å². The Labute approximate surface area is 170 Å². The van der Waals surface area contributed by atoms with Gasteiger partial charge in [-0.2, -0.15) is 0 Å². The maximum atomic E-state index is 13.0. The van der Waals surface area contributed by atoms with E-state index in [1.54, 1.807) is 12.1 Å². The Morgan fingerprint density at radius 1 is 1.14 bits per heavy atom. The molecule has 1 heterocycles. The van der Waals surface area contributed by atoms with E-state index in [1.165, 1.54) is 12.1 Å². The van der Waals surface area contributed by atoms with Crippen LogP contribution in [0.4, 0.5) is 9.18 Å². The number of aromatic nitrogens is 1. The van der Waals surface area contributed by atoms with Crippen LogP contribution in [0.1, 0.15) is 33.3 Å². The van der Waals surface area contributed by atoms with E-state index >= 15 is 0 Å². The van der Waals surface area contributed by atoms with Crippen molar-refractivity contribution in [1.82, 2.24) is 9.88 Å². The summed E-state index contributed by atoms with van der Waals surface area (Å²) in [5.74, 6) is 0.492. The quantitative estimate of drug-likeness (QED) is 0.615. The highest BCUT2D eigenvalue weighted by Gasteiger charge is 2.18. The third kappa shape index (κ3) is 5.98. The van der Waals surface area contributed by atoms with Crippen molar-refractivity contribution in [2.24, 2.45) is 0 Å². The van der Waals surface area contributed by atoms with Crippen LogP contribution in [0.5, 0.6) is 5.75 Å². The molecule has 6 heteroatoms. The average Bonchev–Trinajstić information content (AvgIpc) is 3.01. The molecule has 0 unspecified atom stereocenters. The highest BCUT2D eigenvalue weighted by atomic mass is 19.1. The molecule has 3 aromatic rings. The Morgan fingerprint density at radius 3 is 2.55 bits per heavy atom. The van der Waals surface area contributed by atoms with Gasteiger partial charge in [0, 0.05) is 29.7 Å². The lowest BCUT2D eigenvalue weighted by Crippen LogP contribution is -2.39. The molecule has 0 spiro atoms. The van der Waals surface area contributed by atoms with Gasteiger partial charge in [-0.15, -0.1) is 0 Å². The van der Waals surface area contributed by atoms with Crippen LogP contribution in [0.3, 0.4) is 0 Å². The van der Waals surface area contributed by atoms with E-state index < -0.39 is 11.7 Å². The summed E-state index contributed by atoms with van der Waals surface area (Å²) in [6, 6.07) is 14.1. The van der Waals surface area contributed by atoms with Gasteiger partial charge < -0.3 is 19.4 Å². The molecule has 29 heavy (non-hydrogen) atoms. The molecule has 0 aliphatic carbocycles. The van der Waals surface area contributed by atoms with E-state index in [-0.39, 0.29) is 11.9 Å². The summed E-state index contributed by atoms with van der Waals surface area (Å²) in [5.41, 5.74) is 1.44. The zero-order chi connectivity index (χ0) is 21.0. The van der Waals surface area contributed by atoms with Crippen LogP contribution in [0, 0.1) is 5.82 Å². The Hall–Kier alpha value is -3.02. The first kappa shape index (κ1) is 20.7. The SMILES string of the molecule is C[C@H](Cn1ccc2cc(OCc3ccc(F)cc3)ccc21)NC(=O)OC(C)(C)C. The number of amides is 1. The van der Waals surface area contributed by atoms with Gasteiger partial charge in [0.15, 0.2) is 0 Å². The molecule has 0 aliphatic rings. The number of ether oxygens (including phenoxy) is 2. The van der Waals surface area contributed by atoms with E-state index in [1.807, 2.05) is 58.2 Å². The first-order valence-corrected chi connectivity index (χ1v) is 9.65. The first-order chi connectivity index (χ1) is 13.7. The Morgan fingerprint density at radius 2 is 1.86 bits per heavy atom. The second-order valence-electron chi connectivity index (χ2n) is 8.15. The van der Waals surface area contributed by atoms with Crippen LogP contribution < -0.4 is 10.1 Å². The van der Waals surface area contributed by atoms with Gasteiger partial charge in [-0.1, -0.05) is 12.1 Å². The Balaban J connectivity index is 1.61. The maximum absolute atomic E-state index is 13.0. The number of carbonyl (C=O) groups is 1.